The summed E-state index contributed by atoms with van der Waals surface area (Å²) in [5.74, 6) is 0.336. The van der Waals surface area contributed by atoms with Crippen molar-refractivity contribution in [1.82, 2.24) is 0 Å². The van der Waals surface area contributed by atoms with Gasteiger partial charge < -0.3 is 0 Å². The highest BCUT2D eigenvalue weighted by molar-refractivity contribution is 7.87. The van der Waals surface area contributed by atoms with Crippen molar-refractivity contribution in [3.8, 4) is 0 Å². The fourth-order valence-electron chi connectivity index (χ4n) is 3.00. The highest BCUT2D eigenvalue weighted by atomic mass is 32.2. The van der Waals surface area contributed by atoms with Gasteiger partial charge in [0.05, 0.1) is 6.10 Å². The van der Waals surface area contributed by atoms with Crippen LogP contribution in [0.2, 0.25) is 0 Å². The molecule has 3 nitrogen and oxygen atoms in total. The van der Waals surface area contributed by atoms with E-state index in [1.807, 2.05) is 38.1 Å². The van der Waals surface area contributed by atoms with Gasteiger partial charge in [0.2, 0.25) is 0 Å². The third kappa shape index (κ3) is 3.59. The fourth-order valence-corrected chi connectivity index (χ4v) is 4.68. The molecule has 0 bridgehead atoms. The monoisotopic (exact) mass is 334 g/mol. The van der Waals surface area contributed by atoms with Crippen LogP contribution in [0.3, 0.4) is 0 Å². The molecule has 0 aliphatic rings. The zero-order valence-electron chi connectivity index (χ0n) is 14.8. The van der Waals surface area contributed by atoms with Gasteiger partial charge in [0.1, 0.15) is 4.90 Å². The van der Waals surface area contributed by atoms with E-state index in [-0.39, 0.29) is 17.9 Å². The van der Waals surface area contributed by atoms with Crippen LogP contribution >= 0.6 is 0 Å². The second kappa shape index (κ2) is 6.62. The Kier molecular flexibility index (Phi) is 5.17. The molecule has 0 spiro atoms. The van der Waals surface area contributed by atoms with Crippen LogP contribution in [0.15, 0.2) is 35.2 Å². The van der Waals surface area contributed by atoms with Gasteiger partial charge in [0.15, 0.2) is 0 Å². The minimum Gasteiger partial charge on any atom is -0.264 e. The maximum Gasteiger partial charge on any atom is 0.298 e. The average molecular weight is 334 g/mol. The Bertz CT molecular complexity index is 803. The third-order valence-corrected chi connectivity index (χ3v) is 5.42. The summed E-state index contributed by atoms with van der Waals surface area (Å²) < 4.78 is 31.2. The molecule has 0 aromatic heterocycles. The summed E-state index contributed by atoms with van der Waals surface area (Å²) in [4.78, 5) is 0.336. The predicted molar refractivity (Wildman–Crippen MR) is 95.5 cm³/mol. The van der Waals surface area contributed by atoms with Crippen LogP contribution in [0.4, 0.5) is 0 Å². The second-order valence-electron chi connectivity index (χ2n) is 6.84. The number of fused-ring (bicyclic) bond motifs is 1. The topological polar surface area (TPSA) is 43.4 Å². The van der Waals surface area contributed by atoms with Gasteiger partial charge in [-0.25, -0.2) is 0 Å². The number of hydrogen-bond donors (Lipinski definition) is 0. The molecule has 23 heavy (non-hydrogen) atoms. The first-order valence-electron chi connectivity index (χ1n) is 8.14. The van der Waals surface area contributed by atoms with E-state index < -0.39 is 10.1 Å². The quantitative estimate of drug-likeness (QED) is 0.706. The largest absolute Gasteiger partial charge is 0.298 e. The van der Waals surface area contributed by atoms with E-state index in [4.69, 9.17) is 4.18 Å². The second-order valence-corrected chi connectivity index (χ2v) is 8.35. The first kappa shape index (κ1) is 18.0. The summed E-state index contributed by atoms with van der Waals surface area (Å²) in [6.45, 7) is 11.7. The fraction of sp³-hybridized carbons (Fsp3) is 0.474. The Morgan fingerprint density at radius 3 is 2.04 bits per heavy atom. The summed E-state index contributed by atoms with van der Waals surface area (Å²) in [5.41, 5.74) is 1.95. The number of rotatable bonds is 5. The first-order chi connectivity index (χ1) is 10.6. The molecule has 4 heteroatoms. The van der Waals surface area contributed by atoms with E-state index in [1.165, 1.54) is 0 Å². The molecule has 0 radical (unpaired) electrons. The molecular weight excluding hydrogens is 308 g/mol. The highest BCUT2D eigenvalue weighted by Gasteiger charge is 2.28. The molecule has 0 aliphatic heterocycles. The van der Waals surface area contributed by atoms with Crippen molar-refractivity contribution in [2.75, 3.05) is 0 Å². The van der Waals surface area contributed by atoms with E-state index in [2.05, 4.69) is 19.9 Å². The normalized spacial score (nSPS) is 12.7. The van der Waals surface area contributed by atoms with Gasteiger partial charge >= 0.3 is 0 Å². The summed E-state index contributed by atoms with van der Waals surface area (Å²) >= 11 is 0. The van der Waals surface area contributed by atoms with Gasteiger partial charge in [-0.1, -0.05) is 58.0 Å². The molecule has 0 fully saturated rings. The van der Waals surface area contributed by atoms with E-state index in [0.29, 0.717) is 4.90 Å². The molecular formula is C19H26O3S. The lowest BCUT2D eigenvalue weighted by Crippen LogP contribution is -2.17. The smallest absolute Gasteiger partial charge is 0.264 e. The Balaban J connectivity index is 2.96. The molecule has 2 rings (SSSR count). The maximum absolute atomic E-state index is 12.9. The number of benzene rings is 2. The molecule has 0 N–H and O–H groups in total. The van der Waals surface area contributed by atoms with Crippen molar-refractivity contribution >= 4 is 20.9 Å². The van der Waals surface area contributed by atoms with Crippen LogP contribution in [0.5, 0.6) is 0 Å². The average Bonchev–Trinajstić information content (AvgIpc) is 2.43. The zero-order valence-corrected chi connectivity index (χ0v) is 15.6. The SMILES string of the molecule is CC(C)OS(=O)(=O)c1c(C(C)C)c(C(C)C)cc2ccccc12. The number of hydrogen-bond acceptors (Lipinski definition) is 3. The van der Waals surface area contributed by atoms with E-state index in [0.717, 1.165) is 21.9 Å². The molecule has 0 unspecified atom stereocenters. The Morgan fingerprint density at radius 2 is 1.52 bits per heavy atom. The summed E-state index contributed by atoms with van der Waals surface area (Å²) in [7, 11) is -3.82. The van der Waals surface area contributed by atoms with Gasteiger partial charge in [0, 0.05) is 5.39 Å². The van der Waals surface area contributed by atoms with Crippen molar-refractivity contribution in [2.45, 2.75) is 64.4 Å². The van der Waals surface area contributed by atoms with Crippen LogP contribution < -0.4 is 0 Å². The summed E-state index contributed by atoms with van der Waals surface area (Å²) in [6.07, 6.45) is -0.388. The summed E-state index contributed by atoms with van der Waals surface area (Å²) in [6, 6.07) is 9.74. The van der Waals surface area contributed by atoms with Gasteiger partial charge in [-0.2, -0.15) is 8.42 Å². The van der Waals surface area contributed by atoms with Gasteiger partial charge in [-0.3, -0.25) is 4.18 Å². The molecule has 2 aromatic carbocycles. The van der Waals surface area contributed by atoms with Crippen LogP contribution in [0.1, 0.15) is 64.5 Å². The van der Waals surface area contributed by atoms with Crippen LogP contribution in [-0.4, -0.2) is 14.5 Å². The van der Waals surface area contributed by atoms with Crippen LogP contribution in [-0.2, 0) is 14.3 Å². The third-order valence-electron chi connectivity index (χ3n) is 3.84. The van der Waals surface area contributed by atoms with Crippen molar-refractivity contribution in [1.29, 1.82) is 0 Å². The van der Waals surface area contributed by atoms with Gasteiger partial charge in [0.25, 0.3) is 10.1 Å². The Labute approximate surface area is 139 Å². The minimum atomic E-state index is -3.82. The highest BCUT2D eigenvalue weighted by Crippen LogP contribution is 2.38. The lowest BCUT2D eigenvalue weighted by atomic mass is 9.88. The van der Waals surface area contributed by atoms with E-state index in [9.17, 15) is 8.42 Å². The Morgan fingerprint density at radius 1 is 0.913 bits per heavy atom. The van der Waals surface area contributed by atoms with Gasteiger partial charge in [-0.15, -0.1) is 0 Å². The molecule has 0 heterocycles. The zero-order chi connectivity index (χ0) is 17.4. The standard InChI is InChI=1S/C19H26O3S/c1-12(2)17-11-15-9-7-8-10-16(15)19(18(17)13(3)4)23(20,21)22-14(5)6/h7-14H,1-6H3. The first-order valence-corrected chi connectivity index (χ1v) is 9.54. The molecule has 0 amide bonds. The maximum atomic E-state index is 12.9. The van der Waals surface area contributed by atoms with E-state index >= 15 is 0 Å². The summed E-state index contributed by atoms with van der Waals surface area (Å²) in [5, 5.41) is 1.67. The Hall–Kier alpha value is -1.39. The molecule has 2 aromatic rings. The van der Waals surface area contributed by atoms with Crippen LogP contribution in [0, 0.1) is 0 Å². The molecule has 0 saturated carbocycles. The van der Waals surface area contributed by atoms with Crippen molar-refractivity contribution in [3.05, 3.63) is 41.5 Å². The van der Waals surface area contributed by atoms with Crippen LogP contribution in [0.25, 0.3) is 10.8 Å². The predicted octanol–water partition coefficient (Wildman–Crippen LogP) is 5.20. The van der Waals surface area contributed by atoms with E-state index in [1.54, 1.807) is 13.8 Å². The van der Waals surface area contributed by atoms with Crippen molar-refractivity contribution < 1.29 is 12.6 Å². The lowest BCUT2D eigenvalue weighted by molar-refractivity contribution is 0.249. The minimum absolute atomic E-state index is 0.0949. The lowest BCUT2D eigenvalue weighted by Gasteiger charge is -2.23. The molecule has 0 saturated heterocycles. The molecule has 0 aliphatic carbocycles. The van der Waals surface area contributed by atoms with Crippen molar-refractivity contribution in [3.63, 3.8) is 0 Å². The molecule has 126 valence electrons. The van der Waals surface area contributed by atoms with Gasteiger partial charge in [-0.05, 0) is 42.2 Å². The molecule has 0 atom stereocenters. The van der Waals surface area contributed by atoms with Crippen molar-refractivity contribution in [2.24, 2.45) is 0 Å².